The molecule has 4 nitrogen and oxygen atoms in total. The highest BCUT2D eigenvalue weighted by atomic mass is 19.1. The second kappa shape index (κ2) is 4.23. The Morgan fingerprint density at radius 3 is 2.33 bits per heavy atom. The number of halogens is 2. The van der Waals surface area contributed by atoms with Crippen LogP contribution in [-0.4, -0.2) is 5.97 Å². The van der Waals surface area contributed by atoms with Crippen LogP contribution in [0.5, 0.6) is 0 Å². The molecule has 2 aliphatic heterocycles. The van der Waals surface area contributed by atoms with Crippen molar-refractivity contribution in [1.29, 1.82) is 0 Å². The van der Waals surface area contributed by atoms with Crippen LogP contribution < -0.4 is 9.13 Å². The number of esters is 1. The van der Waals surface area contributed by atoms with Crippen molar-refractivity contribution in [2.24, 2.45) is 0 Å². The van der Waals surface area contributed by atoms with Gasteiger partial charge in [-0.05, 0) is 18.2 Å². The Kier molecular flexibility index (Phi) is 2.34. The number of rotatable bonds is 0. The van der Waals surface area contributed by atoms with Crippen molar-refractivity contribution in [2.45, 2.75) is 5.85 Å². The molecule has 0 unspecified atom stereocenters. The predicted octanol–water partition coefficient (Wildman–Crippen LogP) is 1.90. The SMILES string of the molecule is O=C1O[C@]2(c3cc(F)cc(F)c3-c3cccc[n+]32)[n+]2ccccc21. The van der Waals surface area contributed by atoms with Crippen LogP contribution in [0.3, 0.4) is 0 Å². The molecule has 116 valence electrons. The molecule has 0 fully saturated rings. The van der Waals surface area contributed by atoms with E-state index < -0.39 is 23.5 Å². The minimum atomic E-state index is -1.46. The number of hydrogen-bond donors (Lipinski definition) is 0. The highest BCUT2D eigenvalue weighted by molar-refractivity contribution is 5.87. The number of fused-ring (bicyclic) bond motifs is 7. The molecule has 3 aromatic rings. The van der Waals surface area contributed by atoms with E-state index in [1.165, 1.54) is 6.07 Å². The van der Waals surface area contributed by atoms with E-state index in [1.54, 1.807) is 57.9 Å². The molecular weight excluding hydrogens is 314 g/mol. The summed E-state index contributed by atoms with van der Waals surface area (Å²) < 4.78 is 37.4. The number of carbonyl (C=O) groups is 1. The second-order valence-corrected chi connectivity index (χ2v) is 5.72. The summed E-state index contributed by atoms with van der Waals surface area (Å²) >= 11 is 0. The van der Waals surface area contributed by atoms with E-state index in [1.807, 2.05) is 0 Å². The molecule has 2 aliphatic rings. The lowest BCUT2D eigenvalue weighted by Crippen LogP contribution is -2.71. The Balaban J connectivity index is 1.98. The van der Waals surface area contributed by atoms with Gasteiger partial charge in [-0.2, -0.15) is 0 Å². The van der Waals surface area contributed by atoms with Crippen LogP contribution in [0, 0.1) is 11.6 Å². The molecule has 6 heteroatoms. The van der Waals surface area contributed by atoms with Gasteiger partial charge in [0.05, 0.1) is 0 Å². The van der Waals surface area contributed by atoms with Crippen molar-refractivity contribution in [3.05, 3.63) is 83.8 Å². The third-order valence-corrected chi connectivity index (χ3v) is 4.48. The summed E-state index contributed by atoms with van der Waals surface area (Å²) in [6.07, 6.45) is 3.36. The van der Waals surface area contributed by atoms with E-state index in [2.05, 4.69) is 0 Å². The molecule has 1 atom stereocenters. The lowest BCUT2D eigenvalue weighted by atomic mass is 10.0. The third kappa shape index (κ3) is 1.39. The maximum atomic E-state index is 14.5. The molecule has 0 radical (unpaired) electrons. The van der Waals surface area contributed by atoms with Crippen molar-refractivity contribution in [1.82, 2.24) is 0 Å². The van der Waals surface area contributed by atoms with Crippen molar-refractivity contribution >= 4 is 5.97 Å². The number of ether oxygens (including phenoxy) is 1. The minimum absolute atomic E-state index is 0.231. The monoisotopic (exact) mass is 324 g/mol. The quantitative estimate of drug-likeness (QED) is 0.467. The topological polar surface area (TPSA) is 34.1 Å². The van der Waals surface area contributed by atoms with E-state index >= 15 is 0 Å². The van der Waals surface area contributed by atoms with Crippen molar-refractivity contribution < 1.29 is 27.4 Å². The number of carbonyl (C=O) groups excluding carboxylic acids is 1. The maximum Gasteiger partial charge on any atom is 0.558 e. The van der Waals surface area contributed by atoms with Gasteiger partial charge in [0.25, 0.3) is 0 Å². The van der Waals surface area contributed by atoms with Crippen LogP contribution in [0.2, 0.25) is 0 Å². The number of pyridine rings is 2. The Hall–Kier alpha value is -3.15. The Bertz CT molecular complexity index is 1050. The molecule has 4 heterocycles. The molecule has 2 aromatic heterocycles. The fourth-order valence-corrected chi connectivity index (χ4v) is 3.59. The average molecular weight is 324 g/mol. The first-order valence-corrected chi connectivity index (χ1v) is 7.38. The highest BCUT2D eigenvalue weighted by Crippen LogP contribution is 2.40. The zero-order valence-corrected chi connectivity index (χ0v) is 12.2. The van der Waals surface area contributed by atoms with Gasteiger partial charge in [-0.3, -0.25) is 0 Å². The van der Waals surface area contributed by atoms with Crippen LogP contribution in [-0.2, 0) is 10.6 Å². The smallest absolute Gasteiger partial charge is 0.331 e. The Morgan fingerprint density at radius 1 is 0.917 bits per heavy atom. The van der Waals surface area contributed by atoms with E-state index in [0.717, 1.165) is 6.07 Å². The number of aromatic nitrogens is 2. The first-order chi connectivity index (χ1) is 11.6. The summed E-state index contributed by atoms with van der Waals surface area (Å²) in [6.45, 7) is 0. The first-order valence-electron chi connectivity index (χ1n) is 7.38. The van der Waals surface area contributed by atoms with Gasteiger partial charge in [-0.1, -0.05) is 9.13 Å². The molecular formula is C18H10F2N2O2+2. The molecule has 0 aliphatic carbocycles. The highest BCUT2D eigenvalue weighted by Gasteiger charge is 2.70. The van der Waals surface area contributed by atoms with Crippen molar-refractivity contribution in [3.63, 3.8) is 0 Å². The Morgan fingerprint density at radius 2 is 1.58 bits per heavy atom. The fraction of sp³-hybridized carbons (Fsp3) is 0.0556. The first kappa shape index (κ1) is 13.3. The molecule has 0 saturated heterocycles. The van der Waals surface area contributed by atoms with E-state index in [9.17, 15) is 13.6 Å². The molecule has 0 saturated carbocycles. The summed E-state index contributed by atoms with van der Waals surface area (Å²) in [5.41, 5.74) is 1.32. The van der Waals surface area contributed by atoms with Gasteiger partial charge in [0, 0.05) is 30.3 Å². The number of hydrogen-bond acceptors (Lipinski definition) is 2. The molecule has 5 rings (SSSR count). The van der Waals surface area contributed by atoms with Crippen LogP contribution >= 0.6 is 0 Å². The predicted molar refractivity (Wildman–Crippen MR) is 76.5 cm³/mol. The van der Waals surface area contributed by atoms with Crippen LogP contribution in [0.25, 0.3) is 11.3 Å². The molecule has 0 N–H and O–H groups in total. The minimum Gasteiger partial charge on any atom is -0.331 e. The molecule has 1 spiro atoms. The summed E-state index contributed by atoms with van der Waals surface area (Å²) in [4.78, 5) is 12.4. The van der Waals surface area contributed by atoms with Gasteiger partial charge in [0.15, 0.2) is 18.0 Å². The third-order valence-electron chi connectivity index (χ3n) is 4.48. The zero-order valence-electron chi connectivity index (χ0n) is 12.2. The van der Waals surface area contributed by atoms with Crippen molar-refractivity contribution in [3.8, 4) is 11.3 Å². The van der Waals surface area contributed by atoms with Gasteiger partial charge < -0.3 is 4.74 Å². The fourth-order valence-electron chi connectivity index (χ4n) is 3.59. The zero-order chi connectivity index (χ0) is 16.5. The van der Waals surface area contributed by atoms with Gasteiger partial charge >= 0.3 is 17.5 Å². The average Bonchev–Trinajstić information content (AvgIpc) is 3.03. The van der Waals surface area contributed by atoms with Gasteiger partial charge in [0.1, 0.15) is 17.2 Å². The normalized spacial score (nSPS) is 19.8. The van der Waals surface area contributed by atoms with Gasteiger partial charge in [-0.25, -0.2) is 13.6 Å². The second-order valence-electron chi connectivity index (χ2n) is 5.72. The van der Waals surface area contributed by atoms with Crippen molar-refractivity contribution in [2.75, 3.05) is 0 Å². The number of benzene rings is 1. The van der Waals surface area contributed by atoms with Gasteiger partial charge in [-0.15, -0.1) is 0 Å². The van der Waals surface area contributed by atoms with Crippen LogP contribution in [0.4, 0.5) is 8.78 Å². The summed E-state index contributed by atoms with van der Waals surface area (Å²) in [5, 5.41) is 0. The van der Waals surface area contributed by atoms with Crippen LogP contribution in [0.1, 0.15) is 16.1 Å². The summed E-state index contributed by atoms with van der Waals surface area (Å²) in [5.74, 6) is -3.42. The summed E-state index contributed by atoms with van der Waals surface area (Å²) in [6, 6.07) is 12.3. The molecule has 24 heavy (non-hydrogen) atoms. The standard InChI is InChI=1S/C18H10F2N2O2/c19-11-9-12-16(13(20)10-11)14-5-1-3-7-21(14)18(12)22-8-4-2-6-15(22)17(23)24-18/h1-10H/q+2/t18-/m0/s1. The van der Waals surface area contributed by atoms with Crippen LogP contribution in [0.15, 0.2) is 60.9 Å². The lowest BCUT2D eigenvalue weighted by Gasteiger charge is -2.12. The number of nitrogens with zero attached hydrogens (tertiary/aromatic N) is 2. The van der Waals surface area contributed by atoms with E-state index in [0.29, 0.717) is 11.4 Å². The van der Waals surface area contributed by atoms with Gasteiger partial charge in [0.2, 0.25) is 5.69 Å². The van der Waals surface area contributed by atoms with E-state index in [-0.39, 0.29) is 11.1 Å². The largest absolute Gasteiger partial charge is 0.558 e. The molecule has 0 bridgehead atoms. The lowest BCUT2D eigenvalue weighted by molar-refractivity contribution is -1.00. The van der Waals surface area contributed by atoms with E-state index in [4.69, 9.17) is 4.74 Å². The Labute approximate surface area is 135 Å². The summed E-state index contributed by atoms with van der Waals surface area (Å²) in [7, 11) is 0. The molecule has 0 amide bonds. The molecule has 1 aromatic carbocycles. The maximum absolute atomic E-state index is 14.5.